The summed E-state index contributed by atoms with van der Waals surface area (Å²) in [5.74, 6) is 0.0746. The minimum atomic E-state index is 0.0746. The average Bonchev–Trinajstić information content (AvgIpc) is 2.10. The van der Waals surface area contributed by atoms with E-state index in [-0.39, 0.29) is 5.91 Å². The lowest BCUT2D eigenvalue weighted by molar-refractivity contribution is 0.0827. The highest BCUT2D eigenvalue weighted by Crippen LogP contribution is 2.16. The molecule has 76 valence electrons. The molecule has 14 heavy (non-hydrogen) atoms. The summed E-state index contributed by atoms with van der Waals surface area (Å²) in [5, 5.41) is 0. The van der Waals surface area contributed by atoms with E-state index in [1.807, 2.05) is 19.9 Å². The Balaban J connectivity index is 3.22. The largest absolute Gasteiger partial charge is 0.345 e. The molecule has 1 aromatic carbocycles. The van der Waals surface area contributed by atoms with E-state index in [9.17, 15) is 4.79 Å². The number of nitrogens with zero attached hydrogens (tertiary/aromatic N) is 1. The Morgan fingerprint density at radius 1 is 1.00 bits per heavy atom. The molecular formula is C12H17NO. The van der Waals surface area contributed by atoms with Gasteiger partial charge in [0.15, 0.2) is 0 Å². The third-order valence-corrected chi connectivity index (χ3v) is 2.48. The molecule has 0 atom stereocenters. The molecule has 0 aliphatic heterocycles. The van der Waals surface area contributed by atoms with Crippen LogP contribution in [-0.2, 0) is 0 Å². The van der Waals surface area contributed by atoms with Crippen LogP contribution in [0.3, 0.4) is 0 Å². The number of benzene rings is 1. The molecule has 0 bridgehead atoms. The van der Waals surface area contributed by atoms with Crippen molar-refractivity contribution in [2.24, 2.45) is 0 Å². The molecule has 1 amide bonds. The molecule has 0 N–H and O–H groups in total. The van der Waals surface area contributed by atoms with Gasteiger partial charge in [0, 0.05) is 19.7 Å². The van der Waals surface area contributed by atoms with Gasteiger partial charge in [-0.2, -0.15) is 0 Å². The Morgan fingerprint density at radius 3 is 2.00 bits per heavy atom. The first-order chi connectivity index (χ1) is 6.43. The molecule has 0 unspecified atom stereocenters. The summed E-state index contributed by atoms with van der Waals surface area (Å²) >= 11 is 0. The maximum absolute atomic E-state index is 11.8. The highest BCUT2D eigenvalue weighted by molar-refractivity contribution is 5.95. The molecule has 0 spiro atoms. The third kappa shape index (κ3) is 1.95. The van der Waals surface area contributed by atoms with Gasteiger partial charge in [-0.15, -0.1) is 0 Å². The molecule has 2 heteroatoms. The van der Waals surface area contributed by atoms with Crippen LogP contribution in [0.15, 0.2) is 12.1 Å². The second kappa shape index (κ2) is 3.82. The van der Waals surface area contributed by atoms with Crippen LogP contribution in [0.25, 0.3) is 0 Å². The van der Waals surface area contributed by atoms with Gasteiger partial charge in [-0.25, -0.2) is 0 Å². The second-order valence-electron chi connectivity index (χ2n) is 3.95. The van der Waals surface area contributed by atoms with E-state index in [0.29, 0.717) is 0 Å². The van der Waals surface area contributed by atoms with Crippen LogP contribution < -0.4 is 0 Å². The topological polar surface area (TPSA) is 20.3 Å². The van der Waals surface area contributed by atoms with E-state index in [0.717, 1.165) is 11.1 Å². The van der Waals surface area contributed by atoms with Crippen molar-refractivity contribution in [3.63, 3.8) is 0 Å². The fourth-order valence-corrected chi connectivity index (χ4v) is 1.43. The number of amides is 1. The molecule has 2 nitrogen and oxygen atoms in total. The lowest BCUT2D eigenvalue weighted by Crippen LogP contribution is -2.22. The number of rotatable bonds is 1. The van der Waals surface area contributed by atoms with Crippen LogP contribution in [0.5, 0.6) is 0 Å². The van der Waals surface area contributed by atoms with Crippen LogP contribution >= 0.6 is 0 Å². The summed E-state index contributed by atoms with van der Waals surface area (Å²) in [6, 6.07) is 4.03. The summed E-state index contributed by atoms with van der Waals surface area (Å²) < 4.78 is 0. The van der Waals surface area contributed by atoms with Crippen molar-refractivity contribution in [2.45, 2.75) is 20.8 Å². The maximum atomic E-state index is 11.8. The summed E-state index contributed by atoms with van der Waals surface area (Å²) in [5.41, 5.74) is 4.25. The number of hydrogen-bond donors (Lipinski definition) is 0. The zero-order valence-electron chi connectivity index (χ0n) is 9.51. The lowest BCUT2D eigenvalue weighted by Gasteiger charge is -2.14. The summed E-state index contributed by atoms with van der Waals surface area (Å²) in [4.78, 5) is 13.4. The van der Waals surface area contributed by atoms with Gasteiger partial charge in [0.1, 0.15) is 0 Å². The maximum Gasteiger partial charge on any atom is 0.253 e. The predicted molar refractivity (Wildman–Crippen MR) is 58.7 cm³/mol. The van der Waals surface area contributed by atoms with E-state index in [1.165, 1.54) is 11.1 Å². The third-order valence-electron chi connectivity index (χ3n) is 2.48. The molecule has 0 heterocycles. The SMILES string of the molecule is Cc1cc(C)c(C(=O)N(C)C)cc1C. The normalized spacial score (nSPS) is 10.1. The Bertz CT molecular complexity index is 367. The average molecular weight is 191 g/mol. The molecular weight excluding hydrogens is 174 g/mol. The lowest BCUT2D eigenvalue weighted by atomic mass is 10.0. The van der Waals surface area contributed by atoms with Gasteiger partial charge in [0.25, 0.3) is 5.91 Å². The fraction of sp³-hybridized carbons (Fsp3) is 0.417. The zero-order chi connectivity index (χ0) is 10.9. The van der Waals surface area contributed by atoms with Crippen molar-refractivity contribution in [1.29, 1.82) is 0 Å². The molecule has 0 radical (unpaired) electrons. The zero-order valence-corrected chi connectivity index (χ0v) is 9.51. The summed E-state index contributed by atoms with van der Waals surface area (Å²) in [6.45, 7) is 6.07. The molecule has 0 fully saturated rings. The Labute approximate surface area is 85.5 Å². The minimum Gasteiger partial charge on any atom is -0.345 e. The van der Waals surface area contributed by atoms with E-state index in [2.05, 4.69) is 13.0 Å². The first-order valence-corrected chi connectivity index (χ1v) is 4.73. The van der Waals surface area contributed by atoms with Crippen molar-refractivity contribution in [1.82, 2.24) is 4.90 Å². The monoisotopic (exact) mass is 191 g/mol. The molecule has 1 rings (SSSR count). The van der Waals surface area contributed by atoms with Crippen LogP contribution in [0.4, 0.5) is 0 Å². The van der Waals surface area contributed by atoms with Gasteiger partial charge in [-0.05, 0) is 43.5 Å². The fourth-order valence-electron chi connectivity index (χ4n) is 1.43. The smallest absolute Gasteiger partial charge is 0.253 e. The number of hydrogen-bond acceptors (Lipinski definition) is 1. The van der Waals surface area contributed by atoms with E-state index in [1.54, 1.807) is 19.0 Å². The Morgan fingerprint density at radius 2 is 1.50 bits per heavy atom. The standard InChI is InChI=1S/C12H17NO/c1-8-6-10(3)11(7-9(8)2)12(14)13(4)5/h6-7H,1-5H3. The predicted octanol–water partition coefficient (Wildman–Crippen LogP) is 2.31. The number of carbonyl (C=O) groups is 1. The van der Waals surface area contributed by atoms with E-state index >= 15 is 0 Å². The van der Waals surface area contributed by atoms with Gasteiger partial charge in [-0.3, -0.25) is 4.79 Å². The van der Waals surface area contributed by atoms with Gasteiger partial charge in [0.05, 0.1) is 0 Å². The molecule has 0 aliphatic rings. The van der Waals surface area contributed by atoms with Crippen molar-refractivity contribution >= 4 is 5.91 Å². The summed E-state index contributed by atoms with van der Waals surface area (Å²) in [6.07, 6.45) is 0. The number of carbonyl (C=O) groups excluding carboxylic acids is 1. The molecule has 0 aromatic heterocycles. The van der Waals surface area contributed by atoms with Crippen LogP contribution in [0, 0.1) is 20.8 Å². The minimum absolute atomic E-state index is 0.0746. The van der Waals surface area contributed by atoms with Gasteiger partial charge >= 0.3 is 0 Å². The van der Waals surface area contributed by atoms with Gasteiger partial charge < -0.3 is 4.90 Å². The van der Waals surface area contributed by atoms with Crippen LogP contribution in [0.1, 0.15) is 27.0 Å². The van der Waals surface area contributed by atoms with Crippen molar-refractivity contribution in [2.75, 3.05) is 14.1 Å². The molecule has 0 saturated heterocycles. The Kier molecular flexibility index (Phi) is 2.94. The van der Waals surface area contributed by atoms with Gasteiger partial charge in [0.2, 0.25) is 0 Å². The first-order valence-electron chi connectivity index (χ1n) is 4.73. The highest BCUT2D eigenvalue weighted by atomic mass is 16.2. The van der Waals surface area contributed by atoms with Crippen molar-refractivity contribution in [3.05, 3.63) is 34.4 Å². The highest BCUT2D eigenvalue weighted by Gasteiger charge is 2.11. The van der Waals surface area contributed by atoms with Crippen molar-refractivity contribution < 1.29 is 4.79 Å². The summed E-state index contributed by atoms with van der Waals surface area (Å²) in [7, 11) is 3.55. The van der Waals surface area contributed by atoms with Crippen molar-refractivity contribution in [3.8, 4) is 0 Å². The van der Waals surface area contributed by atoms with Crippen LogP contribution in [0.2, 0.25) is 0 Å². The first kappa shape index (κ1) is 10.8. The molecule has 0 saturated carbocycles. The second-order valence-corrected chi connectivity index (χ2v) is 3.95. The van der Waals surface area contributed by atoms with E-state index < -0.39 is 0 Å². The quantitative estimate of drug-likeness (QED) is 0.667. The van der Waals surface area contributed by atoms with E-state index in [4.69, 9.17) is 0 Å². The van der Waals surface area contributed by atoms with Crippen LogP contribution in [-0.4, -0.2) is 24.9 Å². The molecule has 0 aliphatic carbocycles. The van der Waals surface area contributed by atoms with Gasteiger partial charge in [-0.1, -0.05) is 6.07 Å². The Hall–Kier alpha value is -1.31. The number of aryl methyl sites for hydroxylation is 3. The molecule has 1 aromatic rings.